The molecule has 1 aliphatic carbocycles. The zero-order valence-corrected chi connectivity index (χ0v) is 22.8. The molecular weight excluding hydrogens is 520 g/mol. The van der Waals surface area contributed by atoms with E-state index in [1.165, 1.54) is 24.0 Å². The maximum atomic E-state index is 13.5. The molecule has 1 aromatic carbocycles. The zero-order valence-electron chi connectivity index (χ0n) is 22.8. The highest BCUT2D eigenvalue weighted by Crippen LogP contribution is 2.52. The number of pyridine rings is 1. The molecule has 0 atom stereocenters. The highest BCUT2D eigenvalue weighted by atomic mass is 16.5. The molecule has 2 bridgehead atoms. The van der Waals surface area contributed by atoms with Gasteiger partial charge in [-0.15, -0.1) is 0 Å². The van der Waals surface area contributed by atoms with Gasteiger partial charge in [0.25, 0.3) is 11.5 Å². The molecule has 3 aliphatic heterocycles. The van der Waals surface area contributed by atoms with Gasteiger partial charge in [-0.1, -0.05) is 18.2 Å². The molecular formula is C30H30N8O3. The lowest BCUT2D eigenvalue weighted by Crippen LogP contribution is -2.40. The van der Waals surface area contributed by atoms with E-state index in [-0.39, 0.29) is 18.1 Å². The maximum Gasteiger partial charge on any atom is 0.278 e. The molecule has 41 heavy (non-hydrogen) atoms. The van der Waals surface area contributed by atoms with Gasteiger partial charge in [0.05, 0.1) is 6.54 Å². The number of aromatic nitrogens is 5. The molecule has 0 saturated heterocycles. The van der Waals surface area contributed by atoms with E-state index < -0.39 is 0 Å². The first-order chi connectivity index (χ1) is 20.0. The molecule has 3 aromatic heterocycles. The average molecular weight is 551 g/mol. The largest absolute Gasteiger partial charge is 0.480 e. The summed E-state index contributed by atoms with van der Waals surface area (Å²) in [5.41, 5.74) is 4.25. The topological polar surface area (TPSA) is 110 Å². The number of hydrogen-bond acceptors (Lipinski definition) is 8. The predicted molar refractivity (Wildman–Crippen MR) is 154 cm³/mol. The number of amides is 1. The fourth-order valence-corrected chi connectivity index (χ4v) is 6.54. The molecule has 6 heterocycles. The number of nitrogens with zero attached hydrogens (tertiary/aromatic N) is 7. The summed E-state index contributed by atoms with van der Waals surface area (Å²) in [6.07, 6.45) is 9.64. The summed E-state index contributed by atoms with van der Waals surface area (Å²) < 4.78 is 8.99. The van der Waals surface area contributed by atoms with Crippen LogP contribution in [0.3, 0.4) is 0 Å². The van der Waals surface area contributed by atoms with E-state index in [0.717, 1.165) is 31.6 Å². The normalized spacial score (nSPS) is 20.0. The van der Waals surface area contributed by atoms with Crippen LogP contribution in [0.15, 0.2) is 53.5 Å². The van der Waals surface area contributed by atoms with Gasteiger partial charge in [0.2, 0.25) is 5.95 Å². The fourth-order valence-electron chi connectivity index (χ4n) is 6.54. The summed E-state index contributed by atoms with van der Waals surface area (Å²) in [4.78, 5) is 44.5. The molecule has 1 fully saturated rings. The molecule has 1 saturated carbocycles. The van der Waals surface area contributed by atoms with Gasteiger partial charge in [-0.25, -0.2) is 19.3 Å². The third kappa shape index (κ3) is 3.94. The minimum Gasteiger partial charge on any atom is -0.480 e. The van der Waals surface area contributed by atoms with Crippen molar-refractivity contribution in [2.24, 2.45) is 0 Å². The summed E-state index contributed by atoms with van der Waals surface area (Å²) in [7, 11) is 2.18. The molecule has 1 N–H and O–H groups in total. The average Bonchev–Trinajstić information content (AvgIpc) is 3.66. The van der Waals surface area contributed by atoms with Gasteiger partial charge in [0, 0.05) is 36.9 Å². The van der Waals surface area contributed by atoms with Crippen LogP contribution < -0.4 is 20.5 Å². The Balaban J connectivity index is 1.23. The number of benzene rings is 1. The number of carbonyl (C=O) groups excluding carboxylic acids is 1. The minimum atomic E-state index is -0.205. The number of carbonyl (C=O) groups is 1. The van der Waals surface area contributed by atoms with Gasteiger partial charge in [-0.3, -0.25) is 14.5 Å². The Morgan fingerprint density at radius 2 is 1.98 bits per heavy atom. The molecule has 4 aromatic rings. The van der Waals surface area contributed by atoms with Crippen LogP contribution >= 0.6 is 0 Å². The Morgan fingerprint density at radius 3 is 2.85 bits per heavy atom. The molecule has 0 radical (unpaired) electrons. The second-order valence-electron chi connectivity index (χ2n) is 11.5. The van der Waals surface area contributed by atoms with Crippen LogP contribution in [0.2, 0.25) is 0 Å². The van der Waals surface area contributed by atoms with Crippen molar-refractivity contribution in [1.82, 2.24) is 29.2 Å². The third-order valence-corrected chi connectivity index (χ3v) is 8.62. The first-order valence-corrected chi connectivity index (χ1v) is 14.2. The van der Waals surface area contributed by atoms with Gasteiger partial charge >= 0.3 is 0 Å². The Bertz CT molecular complexity index is 1820. The molecule has 4 aliphatic rings. The van der Waals surface area contributed by atoms with Gasteiger partial charge in [0.15, 0.2) is 29.6 Å². The molecule has 1 amide bonds. The van der Waals surface area contributed by atoms with Gasteiger partial charge in [0.1, 0.15) is 5.39 Å². The zero-order chi connectivity index (χ0) is 27.7. The number of allylic oxidation sites excluding steroid dienone is 2. The van der Waals surface area contributed by atoms with Crippen LogP contribution in [-0.2, 0) is 23.3 Å². The molecule has 1 spiro atoms. The minimum absolute atomic E-state index is 0.0107. The van der Waals surface area contributed by atoms with Gasteiger partial charge in [-0.05, 0) is 68.1 Å². The van der Waals surface area contributed by atoms with Crippen molar-refractivity contribution in [2.75, 3.05) is 37.0 Å². The number of nitrogens with one attached hydrogen (secondary N) is 1. The van der Waals surface area contributed by atoms with Crippen molar-refractivity contribution in [3.8, 4) is 11.6 Å². The van der Waals surface area contributed by atoms with Crippen molar-refractivity contribution >= 4 is 34.4 Å². The first kappa shape index (κ1) is 24.3. The SMILES string of the molecule is CN1Cc2cc(Nc3ncc4c(=O)n5n(c4n3)-c3ccc4c(n3)N(CCC/C=C\C5)C(=O)CO4)ccc2C2(CC2)C1. The van der Waals surface area contributed by atoms with Crippen LogP contribution in [0, 0.1) is 0 Å². The van der Waals surface area contributed by atoms with Crippen LogP contribution in [0.5, 0.6) is 5.75 Å². The van der Waals surface area contributed by atoms with Crippen molar-refractivity contribution in [1.29, 1.82) is 0 Å². The number of rotatable bonds is 2. The second kappa shape index (κ2) is 9.00. The third-order valence-electron chi connectivity index (χ3n) is 8.62. The smallest absolute Gasteiger partial charge is 0.278 e. The Hall–Kier alpha value is -4.51. The number of hydrogen-bond donors (Lipinski definition) is 1. The van der Waals surface area contributed by atoms with E-state index in [2.05, 4.69) is 40.4 Å². The van der Waals surface area contributed by atoms with Crippen molar-refractivity contribution in [3.63, 3.8) is 0 Å². The van der Waals surface area contributed by atoms with Crippen LogP contribution in [0.25, 0.3) is 16.9 Å². The number of likely N-dealkylation sites (N-methyl/N-ethyl adjacent to an activating group) is 1. The van der Waals surface area contributed by atoms with E-state index in [9.17, 15) is 9.59 Å². The van der Waals surface area contributed by atoms with E-state index in [1.54, 1.807) is 32.6 Å². The number of anilines is 3. The highest BCUT2D eigenvalue weighted by Gasteiger charge is 2.48. The summed E-state index contributed by atoms with van der Waals surface area (Å²) in [6, 6.07) is 10.1. The lowest BCUT2D eigenvalue weighted by molar-refractivity contribution is -0.121. The Kier molecular flexibility index (Phi) is 5.33. The Morgan fingerprint density at radius 1 is 1.07 bits per heavy atom. The second-order valence-corrected chi connectivity index (χ2v) is 11.5. The molecule has 11 heteroatoms. The lowest BCUT2D eigenvalue weighted by Gasteiger charge is -2.32. The summed E-state index contributed by atoms with van der Waals surface area (Å²) in [5, 5.41) is 3.76. The molecule has 0 unspecified atom stereocenters. The summed E-state index contributed by atoms with van der Waals surface area (Å²) in [6.45, 7) is 2.92. The molecule has 8 rings (SSSR count). The molecule has 208 valence electrons. The van der Waals surface area contributed by atoms with Crippen LogP contribution in [0.1, 0.15) is 36.8 Å². The predicted octanol–water partition coefficient (Wildman–Crippen LogP) is 3.27. The first-order valence-electron chi connectivity index (χ1n) is 14.2. The van der Waals surface area contributed by atoms with Gasteiger partial charge < -0.3 is 15.0 Å². The monoisotopic (exact) mass is 550 g/mol. The standard InChI is InChI=1S/C30H30N8O3/c1-35-16-19-14-20(6-7-22(19)30(18-35)10-11-30)32-29-31-15-21-26(34-29)38-24-9-8-23-27(33-24)36(25(39)17-41-23)12-4-2-3-5-13-37(38)28(21)40/h3,5-9,14-15H,2,4,10-13,16-18H2,1H3,(H,31,32,34)/b5-3-. The van der Waals surface area contributed by atoms with E-state index in [4.69, 9.17) is 14.7 Å². The van der Waals surface area contributed by atoms with Crippen molar-refractivity contribution < 1.29 is 9.53 Å². The Labute approximate surface area is 236 Å². The van der Waals surface area contributed by atoms with E-state index in [0.29, 0.717) is 52.9 Å². The highest BCUT2D eigenvalue weighted by molar-refractivity contribution is 5.96. The number of ether oxygens (including phenoxy) is 1. The van der Waals surface area contributed by atoms with Crippen molar-refractivity contribution in [2.45, 2.75) is 44.2 Å². The summed E-state index contributed by atoms with van der Waals surface area (Å²) in [5.74, 6) is 1.75. The fraction of sp³-hybridized carbons (Fsp3) is 0.367. The van der Waals surface area contributed by atoms with Gasteiger partial charge in [-0.2, -0.15) is 4.98 Å². The number of fused-ring (bicyclic) bond motifs is 7. The maximum absolute atomic E-state index is 13.5. The van der Waals surface area contributed by atoms with E-state index >= 15 is 0 Å². The molecule has 11 nitrogen and oxygen atoms in total. The van der Waals surface area contributed by atoms with Crippen molar-refractivity contribution in [3.05, 3.63) is 70.2 Å². The quantitative estimate of drug-likeness (QED) is 0.379. The van der Waals surface area contributed by atoms with Crippen LogP contribution in [0.4, 0.5) is 17.5 Å². The van der Waals surface area contributed by atoms with E-state index in [1.807, 2.05) is 12.2 Å². The summed E-state index contributed by atoms with van der Waals surface area (Å²) >= 11 is 0. The van der Waals surface area contributed by atoms with Crippen LogP contribution in [-0.4, -0.2) is 61.9 Å². The lowest BCUT2D eigenvalue weighted by atomic mass is 9.87.